The summed E-state index contributed by atoms with van der Waals surface area (Å²) in [5.74, 6) is -1.80. The van der Waals surface area contributed by atoms with Crippen LogP contribution < -0.4 is 0 Å². The van der Waals surface area contributed by atoms with Crippen molar-refractivity contribution in [3.05, 3.63) is 52.4 Å². The lowest BCUT2D eigenvalue weighted by molar-refractivity contribution is -0.138. The number of aromatic hydroxyl groups is 1. The average molecular weight is 424 g/mol. The first-order valence-electron chi connectivity index (χ1n) is 10.7. The number of allylic oxidation sites excluding steroid dienone is 4. The fourth-order valence-corrected chi connectivity index (χ4v) is 5.42. The van der Waals surface area contributed by atoms with Gasteiger partial charge in [-0.1, -0.05) is 45.9 Å². The predicted molar refractivity (Wildman–Crippen MR) is 115 cm³/mol. The molecule has 0 radical (unpaired) electrons. The highest BCUT2D eigenvalue weighted by molar-refractivity contribution is 6.07. The Bertz CT molecular complexity index is 1010. The number of phenolic OH excluding ortho intramolecular Hbond substituents is 1. The molecule has 6 nitrogen and oxygen atoms in total. The number of para-hydroxylation sites is 1. The SMILES string of the molecule is CC1(C)CC(=O)C2=C(C1)N(CC(=O)O)C1=C(C(=O)CC(C)(C)C1)C2c1ccccc1O. The van der Waals surface area contributed by atoms with E-state index in [-0.39, 0.29) is 34.7 Å². The Hall–Kier alpha value is -2.89. The second-order valence-corrected chi connectivity index (χ2v) is 10.6. The Balaban J connectivity index is 2.03. The molecule has 2 aliphatic carbocycles. The summed E-state index contributed by atoms with van der Waals surface area (Å²) >= 11 is 0. The third kappa shape index (κ3) is 3.68. The molecule has 1 aromatic rings. The smallest absolute Gasteiger partial charge is 0.323 e. The first kappa shape index (κ1) is 21.3. The largest absolute Gasteiger partial charge is 0.508 e. The molecule has 0 bridgehead atoms. The van der Waals surface area contributed by atoms with Crippen LogP contribution in [0.2, 0.25) is 0 Å². The molecule has 0 atom stereocenters. The molecule has 0 saturated heterocycles. The van der Waals surface area contributed by atoms with Gasteiger partial charge in [0.15, 0.2) is 11.6 Å². The maximum absolute atomic E-state index is 13.4. The molecule has 1 heterocycles. The molecule has 1 aliphatic heterocycles. The number of benzene rings is 1. The van der Waals surface area contributed by atoms with Gasteiger partial charge in [-0.15, -0.1) is 0 Å². The number of hydrogen-bond donors (Lipinski definition) is 2. The predicted octanol–water partition coefficient (Wildman–Crippen LogP) is 4.16. The van der Waals surface area contributed by atoms with Gasteiger partial charge in [-0.05, 0) is 29.7 Å². The van der Waals surface area contributed by atoms with Crippen molar-refractivity contribution in [3.63, 3.8) is 0 Å². The second-order valence-electron chi connectivity index (χ2n) is 10.6. The lowest BCUT2D eigenvalue weighted by atomic mass is 9.63. The first-order valence-corrected chi connectivity index (χ1v) is 10.7. The topological polar surface area (TPSA) is 94.9 Å². The van der Waals surface area contributed by atoms with Crippen molar-refractivity contribution >= 4 is 17.5 Å². The van der Waals surface area contributed by atoms with Gasteiger partial charge >= 0.3 is 5.97 Å². The molecule has 164 valence electrons. The summed E-state index contributed by atoms with van der Waals surface area (Å²) < 4.78 is 0. The van der Waals surface area contributed by atoms with Crippen LogP contribution in [0.4, 0.5) is 0 Å². The summed E-state index contributed by atoms with van der Waals surface area (Å²) in [6.45, 7) is 7.72. The van der Waals surface area contributed by atoms with Crippen LogP contribution >= 0.6 is 0 Å². The van der Waals surface area contributed by atoms with Gasteiger partial charge in [0.05, 0.1) is 0 Å². The van der Waals surface area contributed by atoms with Crippen LogP contribution in [0.5, 0.6) is 5.75 Å². The minimum absolute atomic E-state index is 0.0353. The van der Waals surface area contributed by atoms with Gasteiger partial charge in [0.1, 0.15) is 12.3 Å². The van der Waals surface area contributed by atoms with Gasteiger partial charge in [-0.2, -0.15) is 0 Å². The van der Waals surface area contributed by atoms with E-state index in [2.05, 4.69) is 0 Å². The van der Waals surface area contributed by atoms with Gasteiger partial charge < -0.3 is 15.1 Å². The van der Waals surface area contributed by atoms with Crippen molar-refractivity contribution in [2.75, 3.05) is 6.54 Å². The van der Waals surface area contributed by atoms with Crippen molar-refractivity contribution in [2.24, 2.45) is 10.8 Å². The maximum Gasteiger partial charge on any atom is 0.323 e. The molecule has 0 spiro atoms. The Kier molecular flexibility index (Phi) is 4.87. The molecule has 0 unspecified atom stereocenters. The zero-order valence-corrected chi connectivity index (χ0v) is 18.5. The fraction of sp³-hybridized carbons (Fsp3) is 0.480. The Morgan fingerprint density at radius 2 is 1.42 bits per heavy atom. The molecule has 4 rings (SSSR count). The van der Waals surface area contributed by atoms with Crippen molar-refractivity contribution in [2.45, 2.75) is 59.3 Å². The minimum Gasteiger partial charge on any atom is -0.508 e. The highest BCUT2D eigenvalue weighted by atomic mass is 16.4. The number of carboxylic acid groups (broad SMARTS) is 1. The van der Waals surface area contributed by atoms with Crippen molar-refractivity contribution in [1.82, 2.24) is 4.90 Å². The van der Waals surface area contributed by atoms with Crippen molar-refractivity contribution in [3.8, 4) is 5.75 Å². The number of carboxylic acids is 1. The molecular formula is C25H29NO5. The summed E-state index contributed by atoms with van der Waals surface area (Å²) in [7, 11) is 0. The summed E-state index contributed by atoms with van der Waals surface area (Å²) in [5, 5.41) is 20.3. The molecule has 0 fully saturated rings. The summed E-state index contributed by atoms with van der Waals surface area (Å²) in [6.07, 6.45) is 1.71. The Morgan fingerprint density at radius 1 is 0.935 bits per heavy atom. The zero-order valence-electron chi connectivity index (χ0n) is 18.5. The zero-order chi connectivity index (χ0) is 22.7. The number of nitrogens with zero attached hydrogens (tertiary/aromatic N) is 1. The average Bonchev–Trinajstić information content (AvgIpc) is 2.61. The number of ketones is 2. The van der Waals surface area contributed by atoms with E-state index in [4.69, 9.17) is 0 Å². The summed E-state index contributed by atoms with van der Waals surface area (Å²) in [5.41, 5.74) is 2.19. The third-order valence-electron chi connectivity index (χ3n) is 6.56. The molecule has 1 aromatic carbocycles. The van der Waals surface area contributed by atoms with Gasteiger partial charge in [0.2, 0.25) is 0 Å². The standard InChI is InChI=1S/C25H29NO5/c1-24(2)9-15-22(18(28)11-24)21(14-7-5-6-8-17(14)27)23-16(26(15)13-20(30)31)10-25(3,4)12-19(23)29/h5-8,21,27H,9-13H2,1-4H3,(H,30,31). The minimum atomic E-state index is -1.01. The van der Waals surface area contributed by atoms with Crippen LogP contribution in [0, 0.1) is 10.8 Å². The molecule has 0 saturated carbocycles. The molecule has 0 amide bonds. The number of carbonyl (C=O) groups excluding carboxylic acids is 2. The van der Waals surface area contributed by atoms with E-state index >= 15 is 0 Å². The lowest BCUT2D eigenvalue weighted by Gasteiger charge is -2.48. The van der Waals surface area contributed by atoms with Gasteiger partial charge in [-0.3, -0.25) is 14.4 Å². The molecule has 0 aromatic heterocycles. The highest BCUT2D eigenvalue weighted by Crippen LogP contribution is 2.55. The number of hydrogen-bond acceptors (Lipinski definition) is 5. The van der Waals surface area contributed by atoms with E-state index in [0.29, 0.717) is 53.8 Å². The number of rotatable bonds is 3. The maximum atomic E-state index is 13.4. The van der Waals surface area contributed by atoms with Crippen LogP contribution in [0.3, 0.4) is 0 Å². The number of Topliss-reactive ketones (excluding diaryl/α,β-unsaturated/α-hetero) is 2. The monoisotopic (exact) mass is 423 g/mol. The van der Waals surface area contributed by atoms with Crippen LogP contribution in [0.1, 0.15) is 64.9 Å². The number of aliphatic carboxylic acids is 1. The van der Waals surface area contributed by atoms with E-state index in [1.165, 1.54) is 0 Å². The number of phenols is 1. The van der Waals surface area contributed by atoms with Crippen molar-refractivity contribution < 1.29 is 24.6 Å². The normalized spacial score (nSPS) is 23.0. The molecule has 3 aliphatic rings. The van der Waals surface area contributed by atoms with Crippen molar-refractivity contribution in [1.29, 1.82) is 0 Å². The molecule has 31 heavy (non-hydrogen) atoms. The van der Waals surface area contributed by atoms with E-state index in [0.717, 1.165) is 0 Å². The van der Waals surface area contributed by atoms with Gasteiger partial charge in [0, 0.05) is 46.9 Å². The van der Waals surface area contributed by atoms with Crippen LogP contribution in [-0.2, 0) is 14.4 Å². The second kappa shape index (κ2) is 7.08. The van der Waals surface area contributed by atoms with Crippen LogP contribution in [0.15, 0.2) is 46.8 Å². The van der Waals surface area contributed by atoms with E-state index in [1.54, 1.807) is 29.2 Å². The van der Waals surface area contributed by atoms with Gasteiger partial charge in [-0.25, -0.2) is 0 Å². The van der Waals surface area contributed by atoms with Crippen LogP contribution in [0.25, 0.3) is 0 Å². The fourth-order valence-electron chi connectivity index (χ4n) is 5.42. The Labute approximate surface area is 182 Å². The number of carbonyl (C=O) groups is 3. The quantitative estimate of drug-likeness (QED) is 0.758. The van der Waals surface area contributed by atoms with E-state index in [9.17, 15) is 24.6 Å². The molecule has 2 N–H and O–H groups in total. The van der Waals surface area contributed by atoms with E-state index in [1.807, 2.05) is 27.7 Å². The summed E-state index contributed by atoms with van der Waals surface area (Å²) in [6, 6.07) is 6.81. The Morgan fingerprint density at radius 3 is 1.87 bits per heavy atom. The van der Waals surface area contributed by atoms with E-state index < -0.39 is 11.9 Å². The highest BCUT2D eigenvalue weighted by Gasteiger charge is 2.49. The molecular weight excluding hydrogens is 394 g/mol. The molecule has 6 heteroatoms. The van der Waals surface area contributed by atoms with Gasteiger partial charge in [0.25, 0.3) is 0 Å². The summed E-state index contributed by atoms with van der Waals surface area (Å²) in [4.78, 5) is 40.4. The first-order chi connectivity index (χ1) is 14.4. The third-order valence-corrected chi connectivity index (χ3v) is 6.56. The van der Waals surface area contributed by atoms with Crippen LogP contribution in [-0.4, -0.2) is 39.2 Å². The lowest BCUT2D eigenvalue weighted by Crippen LogP contribution is -2.45.